The topological polar surface area (TPSA) is 21.7 Å². The highest BCUT2D eigenvalue weighted by Crippen LogP contribution is 2.28. The molecule has 0 saturated heterocycles. The van der Waals surface area contributed by atoms with Gasteiger partial charge in [-0.25, -0.2) is 0 Å². The van der Waals surface area contributed by atoms with Crippen LogP contribution in [0.2, 0.25) is 0 Å². The van der Waals surface area contributed by atoms with Crippen LogP contribution in [0.5, 0.6) is 0 Å². The standard InChI is InChI=1S/C16H24N3/c1-4-18-13-14-19(17-18)12-8-11-16(2,3)15-9-6-5-7-10-15/h5-7,9-10,13-14H,4,8,11-12H2,1-3H3/q+1. The fourth-order valence-corrected chi connectivity index (χ4v) is 2.37. The molecule has 0 radical (unpaired) electrons. The summed E-state index contributed by atoms with van der Waals surface area (Å²) < 4.78 is 3.99. The molecule has 0 unspecified atom stereocenters. The molecule has 19 heavy (non-hydrogen) atoms. The predicted octanol–water partition coefficient (Wildman–Crippen LogP) is 2.95. The number of aromatic nitrogens is 3. The molecule has 0 N–H and O–H groups in total. The number of nitrogens with zero attached hydrogens (tertiary/aromatic N) is 3. The summed E-state index contributed by atoms with van der Waals surface area (Å²) in [6.07, 6.45) is 6.40. The average molecular weight is 258 g/mol. The quantitative estimate of drug-likeness (QED) is 0.730. The maximum absolute atomic E-state index is 4.45. The Balaban J connectivity index is 1.88. The van der Waals surface area contributed by atoms with Gasteiger partial charge in [-0.15, -0.1) is 9.36 Å². The van der Waals surface area contributed by atoms with Gasteiger partial charge in [0.2, 0.25) is 0 Å². The maximum atomic E-state index is 4.45. The number of hydrogen-bond donors (Lipinski definition) is 0. The van der Waals surface area contributed by atoms with E-state index in [1.54, 1.807) is 0 Å². The van der Waals surface area contributed by atoms with Gasteiger partial charge in [-0.3, -0.25) is 0 Å². The zero-order valence-corrected chi connectivity index (χ0v) is 12.2. The second kappa shape index (κ2) is 6.00. The monoisotopic (exact) mass is 258 g/mol. The lowest BCUT2D eigenvalue weighted by Gasteiger charge is -2.24. The van der Waals surface area contributed by atoms with Gasteiger partial charge in [-0.2, -0.15) is 0 Å². The van der Waals surface area contributed by atoms with Gasteiger partial charge >= 0.3 is 0 Å². The van der Waals surface area contributed by atoms with E-state index in [2.05, 4.69) is 62.5 Å². The Labute approximate surface area is 115 Å². The molecule has 1 aromatic heterocycles. The molecule has 102 valence electrons. The lowest BCUT2D eigenvalue weighted by molar-refractivity contribution is -0.752. The number of hydrogen-bond acceptors (Lipinski definition) is 1. The lowest BCUT2D eigenvalue weighted by atomic mass is 9.80. The van der Waals surface area contributed by atoms with E-state index in [1.807, 2.05) is 15.6 Å². The highest BCUT2D eigenvalue weighted by atomic mass is 15.5. The van der Waals surface area contributed by atoms with Crippen LogP contribution in [0, 0.1) is 0 Å². The van der Waals surface area contributed by atoms with E-state index in [0.717, 1.165) is 19.5 Å². The van der Waals surface area contributed by atoms with Crippen molar-refractivity contribution in [2.24, 2.45) is 0 Å². The molecule has 0 spiro atoms. The van der Waals surface area contributed by atoms with Crippen molar-refractivity contribution in [3.63, 3.8) is 0 Å². The second-order valence-corrected chi connectivity index (χ2v) is 5.66. The molecule has 1 heterocycles. The fourth-order valence-electron chi connectivity index (χ4n) is 2.37. The molecule has 3 nitrogen and oxygen atoms in total. The van der Waals surface area contributed by atoms with Crippen LogP contribution in [-0.2, 0) is 18.5 Å². The second-order valence-electron chi connectivity index (χ2n) is 5.66. The molecule has 0 aliphatic carbocycles. The Morgan fingerprint density at radius 2 is 1.95 bits per heavy atom. The summed E-state index contributed by atoms with van der Waals surface area (Å²) >= 11 is 0. The number of aryl methyl sites for hydroxylation is 2. The Kier molecular flexibility index (Phi) is 4.35. The fraction of sp³-hybridized carbons (Fsp3) is 0.500. The van der Waals surface area contributed by atoms with Gasteiger partial charge in [-0.1, -0.05) is 44.2 Å². The van der Waals surface area contributed by atoms with Crippen molar-refractivity contribution in [3.05, 3.63) is 48.3 Å². The van der Waals surface area contributed by atoms with Crippen LogP contribution in [0.4, 0.5) is 0 Å². The van der Waals surface area contributed by atoms with Crippen molar-refractivity contribution < 1.29 is 4.68 Å². The summed E-state index contributed by atoms with van der Waals surface area (Å²) in [6, 6.07) is 10.8. The van der Waals surface area contributed by atoms with E-state index in [-0.39, 0.29) is 5.41 Å². The molecule has 0 aliphatic heterocycles. The van der Waals surface area contributed by atoms with Crippen LogP contribution in [0.3, 0.4) is 0 Å². The van der Waals surface area contributed by atoms with Gasteiger partial charge in [0.25, 0.3) is 0 Å². The normalized spacial score (nSPS) is 11.7. The zero-order valence-electron chi connectivity index (χ0n) is 12.2. The van der Waals surface area contributed by atoms with E-state index < -0.39 is 0 Å². The largest absolute Gasteiger partial charge is 0.155 e. The van der Waals surface area contributed by atoms with Gasteiger partial charge in [0.1, 0.15) is 13.1 Å². The SMILES string of the molecule is CC[n+]1ccn(CCCC(C)(C)c2ccccc2)n1. The molecule has 2 aromatic rings. The molecular weight excluding hydrogens is 234 g/mol. The first-order valence-electron chi connectivity index (χ1n) is 7.10. The first-order valence-corrected chi connectivity index (χ1v) is 7.10. The summed E-state index contributed by atoms with van der Waals surface area (Å²) in [4.78, 5) is 0. The molecule has 0 fully saturated rings. The maximum Gasteiger partial charge on any atom is 0.155 e. The molecular formula is C16H24N3+. The third kappa shape index (κ3) is 3.66. The predicted molar refractivity (Wildman–Crippen MR) is 76.8 cm³/mol. The van der Waals surface area contributed by atoms with Gasteiger partial charge in [0, 0.05) is 0 Å². The zero-order chi connectivity index (χ0) is 13.7. The van der Waals surface area contributed by atoms with Gasteiger partial charge < -0.3 is 0 Å². The van der Waals surface area contributed by atoms with E-state index in [4.69, 9.17) is 0 Å². The third-order valence-corrected chi connectivity index (χ3v) is 3.71. The summed E-state index contributed by atoms with van der Waals surface area (Å²) in [5.74, 6) is 0. The summed E-state index contributed by atoms with van der Waals surface area (Å²) in [7, 11) is 0. The van der Waals surface area contributed by atoms with Crippen molar-refractivity contribution in [1.29, 1.82) is 0 Å². The summed E-state index contributed by atoms with van der Waals surface area (Å²) in [5.41, 5.74) is 1.65. The molecule has 3 heteroatoms. The minimum Gasteiger partial charge on any atom is -0.138 e. The Morgan fingerprint density at radius 3 is 2.58 bits per heavy atom. The van der Waals surface area contributed by atoms with E-state index in [0.29, 0.717) is 0 Å². The minimum atomic E-state index is 0.231. The van der Waals surface area contributed by atoms with Gasteiger partial charge in [0.15, 0.2) is 12.4 Å². The molecule has 0 amide bonds. The number of rotatable bonds is 6. The molecule has 0 atom stereocenters. The summed E-state index contributed by atoms with van der Waals surface area (Å²) in [6.45, 7) is 8.66. The van der Waals surface area contributed by atoms with Crippen molar-refractivity contribution in [1.82, 2.24) is 9.90 Å². The van der Waals surface area contributed by atoms with Crippen LogP contribution in [0.15, 0.2) is 42.7 Å². The van der Waals surface area contributed by atoms with Crippen molar-refractivity contribution >= 4 is 0 Å². The van der Waals surface area contributed by atoms with Crippen LogP contribution in [0.25, 0.3) is 0 Å². The van der Waals surface area contributed by atoms with Gasteiger partial charge in [-0.05, 0) is 30.7 Å². The highest BCUT2D eigenvalue weighted by Gasteiger charge is 2.20. The van der Waals surface area contributed by atoms with Crippen LogP contribution < -0.4 is 4.68 Å². The smallest absolute Gasteiger partial charge is 0.138 e. The third-order valence-electron chi connectivity index (χ3n) is 3.71. The summed E-state index contributed by atoms with van der Waals surface area (Å²) in [5, 5.41) is 4.45. The molecule has 2 rings (SSSR count). The van der Waals surface area contributed by atoms with Crippen molar-refractivity contribution in [3.8, 4) is 0 Å². The molecule has 0 aliphatic rings. The van der Waals surface area contributed by atoms with Crippen LogP contribution in [-0.4, -0.2) is 9.90 Å². The Morgan fingerprint density at radius 1 is 1.21 bits per heavy atom. The highest BCUT2D eigenvalue weighted by molar-refractivity contribution is 5.23. The minimum absolute atomic E-state index is 0.231. The van der Waals surface area contributed by atoms with Gasteiger partial charge in [0.05, 0.1) is 5.21 Å². The Hall–Kier alpha value is -1.64. The molecule has 0 bridgehead atoms. The van der Waals surface area contributed by atoms with E-state index >= 15 is 0 Å². The number of benzene rings is 1. The molecule has 0 saturated carbocycles. The van der Waals surface area contributed by atoms with Crippen LogP contribution in [0.1, 0.15) is 39.2 Å². The van der Waals surface area contributed by atoms with Crippen molar-refractivity contribution in [2.75, 3.05) is 0 Å². The van der Waals surface area contributed by atoms with E-state index in [1.165, 1.54) is 12.0 Å². The first kappa shape index (κ1) is 13.8. The lowest BCUT2D eigenvalue weighted by Crippen LogP contribution is -2.34. The average Bonchev–Trinajstić information content (AvgIpc) is 2.87. The van der Waals surface area contributed by atoms with E-state index in [9.17, 15) is 0 Å². The van der Waals surface area contributed by atoms with Crippen LogP contribution >= 0.6 is 0 Å². The first-order chi connectivity index (χ1) is 9.12. The van der Waals surface area contributed by atoms with Crippen molar-refractivity contribution in [2.45, 2.75) is 52.1 Å². The molecule has 1 aromatic carbocycles. The Bertz CT molecular complexity index is 500.